The van der Waals surface area contributed by atoms with Crippen molar-refractivity contribution in [2.24, 2.45) is 0 Å². The van der Waals surface area contributed by atoms with Gasteiger partial charge in [-0.25, -0.2) is 4.98 Å². The van der Waals surface area contributed by atoms with E-state index in [0.29, 0.717) is 5.54 Å². The topological polar surface area (TPSA) is 24.9 Å². The highest BCUT2D eigenvalue weighted by atomic mass is 79.9. The summed E-state index contributed by atoms with van der Waals surface area (Å²) in [7, 11) is 0. The summed E-state index contributed by atoms with van der Waals surface area (Å²) in [6, 6.07) is 6.25. The minimum absolute atomic E-state index is 0.325. The monoisotopic (exact) mass is 310 g/mol. The summed E-state index contributed by atoms with van der Waals surface area (Å²) in [4.78, 5) is 4.66. The van der Waals surface area contributed by atoms with Gasteiger partial charge in [0.2, 0.25) is 0 Å². The van der Waals surface area contributed by atoms with E-state index in [2.05, 4.69) is 45.3 Å². The second-order valence-electron chi connectivity index (χ2n) is 4.74. The molecule has 90 valence electrons. The van der Waals surface area contributed by atoms with Crippen molar-refractivity contribution in [2.75, 3.05) is 5.32 Å². The zero-order valence-electron chi connectivity index (χ0n) is 9.79. The van der Waals surface area contributed by atoms with Crippen molar-refractivity contribution in [3.05, 3.63) is 22.7 Å². The molecule has 2 aromatic rings. The zero-order valence-corrected chi connectivity index (χ0v) is 12.2. The van der Waals surface area contributed by atoms with Crippen LogP contribution < -0.4 is 5.32 Å². The number of benzene rings is 1. The van der Waals surface area contributed by atoms with Gasteiger partial charge in [-0.2, -0.15) is 0 Å². The molecular formula is C13H15BrN2S. The smallest absolute Gasteiger partial charge is 0.184 e. The average molecular weight is 311 g/mol. The third-order valence-corrected chi connectivity index (χ3v) is 5.14. The molecule has 1 fully saturated rings. The number of hydrogen-bond donors (Lipinski definition) is 1. The number of thiazole rings is 1. The van der Waals surface area contributed by atoms with Crippen molar-refractivity contribution in [1.82, 2.24) is 4.98 Å². The Hall–Kier alpha value is -0.610. The number of anilines is 1. The molecule has 1 aliphatic carbocycles. The molecule has 0 bridgehead atoms. The van der Waals surface area contributed by atoms with Gasteiger partial charge >= 0.3 is 0 Å². The van der Waals surface area contributed by atoms with Crippen molar-refractivity contribution in [2.45, 2.75) is 38.1 Å². The number of nitrogens with zero attached hydrogens (tertiary/aromatic N) is 1. The summed E-state index contributed by atoms with van der Waals surface area (Å²) in [6.07, 6.45) is 5.09. The van der Waals surface area contributed by atoms with E-state index in [1.807, 2.05) is 6.07 Å². The van der Waals surface area contributed by atoms with Crippen LogP contribution in [0.2, 0.25) is 0 Å². The Kier molecular flexibility index (Phi) is 2.87. The maximum Gasteiger partial charge on any atom is 0.184 e. The Morgan fingerprint density at radius 1 is 1.47 bits per heavy atom. The van der Waals surface area contributed by atoms with E-state index in [9.17, 15) is 0 Å². The van der Waals surface area contributed by atoms with Gasteiger partial charge in [-0.15, -0.1) is 0 Å². The quantitative estimate of drug-likeness (QED) is 0.880. The van der Waals surface area contributed by atoms with E-state index in [0.717, 1.165) is 15.1 Å². The van der Waals surface area contributed by atoms with Crippen molar-refractivity contribution in [3.8, 4) is 0 Å². The van der Waals surface area contributed by atoms with Crippen LogP contribution in [0, 0.1) is 0 Å². The van der Waals surface area contributed by atoms with Crippen LogP contribution in [0.5, 0.6) is 0 Å². The molecule has 0 aliphatic heterocycles. The highest BCUT2D eigenvalue weighted by Gasteiger charge is 2.35. The molecule has 3 rings (SSSR count). The molecule has 0 saturated heterocycles. The molecule has 0 spiro atoms. The minimum Gasteiger partial charge on any atom is -0.356 e. The van der Waals surface area contributed by atoms with Crippen LogP contribution in [0.3, 0.4) is 0 Å². The van der Waals surface area contributed by atoms with Crippen LogP contribution in [0.15, 0.2) is 22.7 Å². The van der Waals surface area contributed by atoms with Gasteiger partial charge in [0, 0.05) is 10.0 Å². The van der Waals surface area contributed by atoms with E-state index in [1.54, 1.807) is 11.3 Å². The lowest BCUT2D eigenvalue weighted by Gasteiger charge is -2.41. The SMILES string of the molecule is CCC1(Nc2nc3ccc(Br)cc3s2)CCC1. The predicted molar refractivity (Wildman–Crippen MR) is 77.8 cm³/mol. The van der Waals surface area contributed by atoms with Crippen molar-refractivity contribution >= 4 is 42.6 Å². The molecule has 2 nitrogen and oxygen atoms in total. The first kappa shape index (κ1) is 11.5. The number of halogens is 1. The Balaban J connectivity index is 1.90. The lowest BCUT2D eigenvalue weighted by Crippen LogP contribution is -2.44. The molecule has 0 radical (unpaired) electrons. The fourth-order valence-corrected chi connectivity index (χ4v) is 3.89. The Bertz CT molecular complexity index is 540. The van der Waals surface area contributed by atoms with Crippen LogP contribution in [0.25, 0.3) is 10.2 Å². The van der Waals surface area contributed by atoms with Crippen LogP contribution in [0.1, 0.15) is 32.6 Å². The molecule has 4 heteroatoms. The third-order valence-electron chi connectivity index (χ3n) is 3.71. The van der Waals surface area contributed by atoms with Gasteiger partial charge in [-0.1, -0.05) is 34.2 Å². The van der Waals surface area contributed by atoms with Gasteiger partial charge in [0.05, 0.1) is 10.2 Å². The van der Waals surface area contributed by atoms with Gasteiger partial charge in [-0.3, -0.25) is 0 Å². The van der Waals surface area contributed by atoms with E-state index in [1.165, 1.54) is 30.4 Å². The Morgan fingerprint density at radius 2 is 2.29 bits per heavy atom. The van der Waals surface area contributed by atoms with E-state index in [-0.39, 0.29) is 0 Å². The summed E-state index contributed by atoms with van der Waals surface area (Å²) in [5.41, 5.74) is 1.41. The summed E-state index contributed by atoms with van der Waals surface area (Å²) in [5, 5.41) is 4.71. The zero-order chi connectivity index (χ0) is 11.9. The van der Waals surface area contributed by atoms with Gasteiger partial charge in [-0.05, 0) is 43.9 Å². The van der Waals surface area contributed by atoms with E-state index in [4.69, 9.17) is 0 Å². The first-order chi connectivity index (χ1) is 8.21. The molecule has 1 aromatic carbocycles. The summed E-state index contributed by atoms with van der Waals surface area (Å²) >= 11 is 5.25. The maximum atomic E-state index is 4.66. The van der Waals surface area contributed by atoms with Crippen LogP contribution >= 0.6 is 27.3 Å². The molecule has 0 unspecified atom stereocenters. The summed E-state index contributed by atoms with van der Waals surface area (Å²) < 4.78 is 2.36. The van der Waals surface area contributed by atoms with Crippen LogP contribution in [-0.4, -0.2) is 10.5 Å². The number of aromatic nitrogens is 1. The third kappa shape index (κ3) is 2.08. The van der Waals surface area contributed by atoms with E-state index < -0.39 is 0 Å². The second kappa shape index (κ2) is 4.25. The summed E-state index contributed by atoms with van der Waals surface area (Å²) in [5.74, 6) is 0. The molecule has 1 aromatic heterocycles. The Morgan fingerprint density at radius 3 is 2.94 bits per heavy atom. The predicted octanol–water partition coefficient (Wildman–Crippen LogP) is 4.80. The summed E-state index contributed by atoms with van der Waals surface area (Å²) in [6.45, 7) is 2.26. The second-order valence-corrected chi connectivity index (χ2v) is 6.69. The van der Waals surface area contributed by atoms with Gasteiger partial charge in [0.1, 0.15) is 0 Å². The van der Waals surface area contributed by atoms with Crippen molar-refractivity contribution in [1.29, 1.82) is 0 Å². The molecular weight excluding hydrogens is 296 g/mol. The van der Waals surface area contributed by atoms with Gasteiger partial charge in [0.25, 0.3) is 0 Å². The molecule has 0 atom stereocenters. The number of rotatable bonds is 3. The number of hydrogen-bond acceptors (Lipinski definition) is 3. The van der Waals surface area contributed by atoms with E-state index >= 15 is 0 Å². The molecule has 1 heterocycles. The number of fused-ring (bicyclic) bond motifs is 1. The lowest BCUT2D eigenvalue weighted by molar-refractivity contribution is 0.269. The van der Waals surface area contributed by atoms with Gasteiger partial charge < -0.3 is 5.32 Å². The first-order valence-corrected chi connectivity index (χ1v) is 7.66. The first-order valence-electron chi connectivity index (χ1n) is 6.05. The number of nitrogens with one attached hydrogen (secondary N) is 1. The van der Waals surface area contributed by atoms with Crippen LogP contribution in [0.4, 0.5) is 5.13 Å². The molecule has 1 aliphatic rings. The fraction of sp³-hybridized carbons (Fsp3) is 0.462. The van der Waals surface area contributed by atoms with Crippen molar-refractivity contribution < 1.29 is 0 Å². The lowest BCUT2D eigenvalue weighted by atomic mass is 9.75. The molecule has 0 amide bonds. The molecule has 1 saturated carbocycles. The standard InChI is InChI=1S/C13H15BrN2S/c1-2-13(6-3-7-13)16-12-15-10-5-4-9(14)8-11(10)17-12/h4-5,8H,2-3,6-7H2,1H3,(H,15,16). The van der Waals surface area contributed by atoms with Crippen LogP contribution in [-0.2, 0) is 0 Å². The fourth-order valence-electron chi connectivity index (χ4n) is 2.35. The minimum atomic E-state index is 0.325. The Labute approximate surface area is 114 Å². The van der Waals surface area contributed by atoms with Gasteiger partial charge in [0.15, 0.2) is 5.13 Å². The normalized spacial score (nSPS) is 18.0. The maximum absolute atomic E-state index is 4.66. The molecule has 1 N–H and O–H groups in total. The average Bonchev–Trinajstić information content (AvgIpc) is 2.65. The largest absolute Gasteiger partial charge is 0.356 e. The highest BCUT2D eigenvalue weighted by Crippen LogP contribution is 2.39. The van der Waals surface area contributed by atoms with Crippen molar-refractivity contribution in [3.63, 3.8) is 0 Å². The highest BCUT2D eigenvalue weighted by molar-refractivity contribution is 9.10. The molecule has 17 heavy (non-hydrogen) atoms.